The van der Waals surface area contributed by atoms with Gasteiger partial charge >= 0.3 is 12.2 Å². The number of amides is 2. The molecule has 0 bridgehead atoms. The quantitative estimate of drug-likeness (QED) is 0.373. The molecule has 3 N–H and O–H groups in total. The fourth-order valence-corrected chi connectivity index (χ4v) is 5.82. The monoisotopic (exact) mass is 547 g/mol. The molecule has 2 amide bonds. The van der Waals surface area contributed by atoms with Crippen LogP contribution in [0.1, 0.15) is 23.8 Å². The lowest BCUT2D eigenvalue weighted by Gasteiger charge is -2.21. The minimum atomic E-state index is -5.04. The number of benzene rings is 2. The number of urea groups is 1. The number of aryl methyl sites for hydroxylation is 1. The Labute approximate surface area is 208 Å². The number of carbonyl (C=O) groups excluding carboxylic acids is 1. The molecule has 1 saturated heterocycles. The van der Waals surface area contributed by atoms with E-state index in [-0.39, 0.29) is 39.9 Å². The van der Waals surface area contributed by atoms with Crippen molar-refractivity contribution in [1.82, 2.24) is 5.32 Å². The fourth-order valence-electron chi connectivity index (χ4n) is 4.15. The van der Waals surface area contributed by atoms with Gasteiger partial charge in [0.2, 0.25) is 0 Å². The molecule has 200 valence electrons. The molecule has 2 heterocycles. The van der Waals surface area contributed by atoms with Crippen molar-refractivity contribution in [1.29, 1.82) is 0 Å². The number of rotatable bonds is 6. The van der Waals surface area contributed by atoms with Crippen molar-refractivity contribution in [3.8, 4) is 5.75 Å². The second-order valence-corrected chi connectivity index (χ2v) is 10.9. The lowest BCUT2D eigenvalue weighted by Crippen LogP contribution is -2.40. The standard InChI is InChI=1S/C23H22F5N3O5S/c1-11-17-5-12(24)6-18(25)20(17)36-19(11)21(23(26,27)28)31-22(32)30-15-7-14(8-16(9-15)35-2)29-13-3-4-37(33,34)10-13/h5-9,13,21,29H,3-4,10H2,1-2H3,(H2,30,31,32)/t13?,21-/m1/s1. The lowest BCUT2D eigenvalue weighted by molar-refractivity contribution is -0.158. The first-order valence-electron chi connectivity index (χ1n) is 10.9. The van der Waals surface area contributed by atoms with Crippen molar-refractivity contribution < 1.29 is 44.3 Å². The second-order valence-electron chi connectivity index (χ2n) is 8.62. The number of sulfone groups is 1. The number of nitrogens with one attached hydrogen (secondary N) is 3. The van der Waals surface area contributed by atoms with Crippen LogP contribution < -0.4 is 20.7 Å². The molecule has 2 aromatic carbocycles. The number of halogens is 5. The number of anilines is 2. The molecule has 8 nitrogen and oxygen atoms in total. The summed E-state index contributed by atoms with van der Waals surface area (Å²) in [5.74, 6) is -2.77. The predicted octanol–water partition coefficient (Wildman–Crippen LogP) is 5.05. The summed E-state index contributed by atoms with van der Waals surface area (Å²) in [6.07, 6.45) is -4.67. The lowest BCUT2D eigenvalue weighted by atomic mass is 10.1. The minimum absolute atomic E-state index is 0.0265. The van der Waals surface area contributed by atoms with Crippen molar-refractivity contribution in [2.45, 2.75) is 31.6 Å². The Bertz CT molecular complexity index is 1460. The number of furan rings is 1. The highest BCUT2D eigenvalue weighted by Gasteiger charge is 2.45. The average molecular weight is 548 g/mol. The van der Waals surface area contributed by atoms with Gasteiger partial charge in [0.15, 0.2) is 27.3 Å². The van der Waals surface area contributed by atoms with Crippen LogP contribution in [0.5, 0.6) is 5.75 Å². The van der Waals surface area contributed by atoms with Gasteiger partial charge in [0.25, 0.3) is 0 Å². The first-order chi connectivity index (χ1) is 17.3. The summed E-state index contributed by atoms with van der Waals surface area (Å²) in [5.41, 5.74) is -0.316. The molecule has 0 saturated carbocycles. The van der Waals surface area contributed by atoms with Gasteiger partial charge in [-0.15, -0.1) is 0 Å². The van der Waals surface area contributed by atoms with Gasteiger partial charge in [0.1, 0.15) is 17.3 Å². The van der Waals surface area contributed by atoms with E-state index in [9.17, 15) is 35.2 Å². The first-order valence-corrected chi connectivity index (χ1v) is 12.8. The van der Waals surface area contributed by atoms with Gasteiger partial charge in [-0.3, -0.25) is 0 Å². The number of ether oxygens (including phenoxy) is 1. The number of hydrogen-bond acceptors (Lipinski definition) is 6. The number of carbonyl (C=O) groups is 1. The largest absolute Gasteiger partial charge is 0.497 e. The molecule has 0 aliphatic carbocycles. The predicted molar refractivity (Wildman–Crippen MR) is 125 cm³/mol. The average Bonchev–Trinajstić information content (AvgIpc) is 3.29. The van der Waals surface area contributed by atoms with E-state index in [1.807, 2.05) is 0 Å². The van der Waals surface area contributed by atoms with Crippen LogP contribution in [-0.4, -0.2) is 45.3 Å². The maximum atomic E-state index is 14.1. The second kappa shape index (κ2) is 9.72. The molecule has 1 fully saturated rings. The van der Waals surface area contributed by atoms with Crippen LogP contribution in [0.3, 0.4) is 0 Å². The molecule has 14 heteroatoms. The Balaban J connectivity index is 1.57. The van der Waals surface area contributed by atoms with E-state index < -0.39 is 51.1 Å². The smallest absolute Gasteiger partial charge is 0.416 e. The summed E-state index contributed by atoms with van der Waals surface area (Å²) in [6, 6.07) is 1.30. The van der Waals surface area contributed by atoms with Gasteiger partial charge in [-0.1, -0.05) is 0 Å². The maximum absolute atomic E-state index is 14.1. The van der Waals surface area contributed by atoms with Gasteiger partial charge in [0, 0.05) is 46.6 Å². The number of hydrogen-bond donors (Lipinski definition) is 3. The van der Waals surface area contributed by atoms with Crippen LogP contribution >= 0.6 is 0 Å². The molecule has 1 aliphatic heterocycles. The Morgan fingerprint density at radius 2 is 1.84 bits per heavy atom. The van der Waals surface area contributed by atoms with E-state index in [0.29, 0.717) is 18.2 Å². The Morgan fingerprint density at radius 3 is 2.46 bits per heavy atom. The summed E-state index contributed by atoms with van der Waals surface area (Å²) in [5, 5.41) is 6.88. The highest BCUT2D eigenvalue weighted by molar-refractivity contribution is 7.91. The van der Waals surface area contributed by atoms with Crippen LogP contribution in [0.4, 0.5) is 38.1 Å². The summed E-state index contributed by atoms with van der Waals surface area (Å²) in [7, 11) is -1.82. The Hall–Kier alpha value is -3.55. The number of alkyl halides is 3. The summed E-state index contributed by atoms with van der Waals surface area (Å²) in [6.45, 7) is 1.20. The van der Waals surface area contributed by atoms with E-state index in [1.54, 1.807) is 5.32 Å². The van der Waals surface area contributed by atoms with Gasteiger partial charge in [-0.05, 0) is 25.5 Å². The molecule has 2 atom stereocenters. The molecule has 0 spiro atoms. The Kier molecular flexibility index (Phi) is 6.97. The number of fused-ring (bicyclic) bond motifs is 1. The molecular formula is C23H22F5N3O5S. The van der Waals surface area contributed by atoms with Crippen LogP contribution in [0.2, 0.25) is 0 Å². The third kappa shape index (κ3) is 5.89. The third-order valence-electron chi connectivity index (χ3n) is 5.86. The zero-order valence-electron chi connectivity index (χ0n) is 19.5. The van der Waals surface area contributed by atoms with Crippen LogP contribution in [-0.2, 0) is 9.84 Å². The van der Waals surface area contributed by atoms with Crippen LogP contribution in [0.25, 0.3) is 11.0 Å². The topological polar surface area (TPSA) is 110 Å². The summed E-state index contributed by atoms with van der Waals surface area (Å²) in [4.78, 5) is 12.6. The normalized spacial score (nSPS) is 18.0. The first kappa shape index (κ1) is 26.5. The van der Waals surface area contributed by atoms with Crippen LogP contribution in [0, 0.1) is 18.6 Å². The molecule has 1 aliphatic rings. The highest BCUT2D eigenvalue weighted by Crippen LogP contribution is 2.39. The van der Waals surface area contributed by atoms with E-state index >= 15 is 0 Å². The van der Waals surface area contributed by atoms with Crippen LogP contribution in [0.15, 0.2) is 34.7 Å². The molecule has 0 radical (unpaired) electrons. The van der Waals surface area contributed by atoms with Crippen molar-refractivity contribution >= 4 is 38.2 Å². The van der Waals surface area contributed by atoms with E-state index in [0.717, 1.165) is 6.07 Å². The van der Waals surface area contributed by atoms with Gasteiger partial charge in [-0.2, -0.15) is 13.2 Å². The molecular weight excluding hydrogens is 525 g/mol. The molecule has 37 heavy (non-hydrogen) atoms. The SMILES string of the molecule is COc1cc(NC(=O)N[C@H](c2oc3c(F)cc(F)cc3c2C)C(F)(F)F)cc(NC2CCS(=O)(=O)C2)c1. The van der Waals surface area contributed by atoms with E-state index in [1.165, 1.54) is 32.2 Å². The van der Waals surface area contributed by atoms with Crippen molar-refractivity contribution in [3.63, 3.8) is 0 Å². The third-order valence-corrected chi connectivity index (χ3v) is 7.63. The zero-order valence-corrected chi connectivity index (χ0v) is 20.3. The highest BCUT2D eigenvalue weighted by atomic mass is 32.2. The minimum Gasteiger partial charge on any atom is -0.497 e. The summed E-state index contributed by atoms with van der Waals surface area (Å²) < 4.78 is 103. The molecule has 1 aromatic heterocycles. The fraction of sp³-hybridized carbons (Fsp3) is 0.348. The molecule has 3 aromatic rings. The van der Waals surface area contributed by atoms with E-state index in [4.69, 9.17) is 9.15 Å². The molecule has 4 rings (SSSR count). The van der Waals surface area contributed by atoms with Gasteiger partial charge in [-0.25, -0.2) is 22.0 Å². The summed E-state index contributed by atoms with van der Waals surface area (Å²) >= 11 is 0. The zero-order chi connectivity index (χ0) is 27.1. The van der Waals surface area contributed by atoms with Crippen molar-refractivity contribution in [3.05, 3.63) is 53.3 Å². The number of methoxy groups -OCH3 is 1. The van der Waals surface area contributed by atoms with Gasteiger partial charge in [0.05, 0.1) is 18.6 Å². The maximum Gasteiger partial charge on any atom is 0.416 e. The molecule has 1 unspecified atom stereocenters. The van der Waals surface area contributed by atoms with Crippen molar-refractivity contribution in [2.75, 3.05) is 29.2 Å². The van der Waals surface area contributed by atoms with Gasteiger partial charge < -0.3 is 25.1 Å². The van der Waals surface area contributed by atoms with Crippen molar-refractivity contribution in [2.24, 2.45) is 0 Å². The Morgan fingerprint density at radius 1 is 1.14 bits per heavy atom. The van der Waals surface area contributed by atoms with E-state index in [2.05, 4.69) is 10.6 Å².